The van der Waals surface area contributed by atoms with Gasteiger partial charge in [-0.15, -0.1) is 0 Å². The summed E-state index contributed by atoms with van der Waals surface area (Å²) in [5.41, 5.74) is 0. The van der Waals surface area contributed by atoms with Gasteiger partial charge >= 0.3 is 5.97 Å². The molecule has 1 atom stereocenters. The minimum atomic E-state index is -0.913. The molecule has 0 aromatic heterocycles. The zero-order valence-electron chi connectivity index (χ0n) is 9.35. The highest BCUT2D eigenvalue weighted by Gasteiger charge is 2.25. The first-order valence-electron chi connectivity index (χ1n) is 5.32. The fourth-order valence-corrected chi connectivity index (χ4v) is 1.54. The van der Waals surface area contributed by atoms with Gasteiger partial charge in [-0.25, -0.2) is 0 Å². The number of carbonyl (C=O) groups is 2. The monoisotopic (exact) mass is 231 g/mol. The van der Waals surface area contributed by atoms with Crippen LogP contribution >= 0.6 is 0 Å². The Labute approximate surface area is 94.1 Å². The SMILES string of the molecule is CCOCC(=O)N1CCOC(CC(=O)O)C1. The summed E-state index contributed by atoms with van der Waals surface area (Å²) in [6, 6.07) is 0. The van der Waals surface area contributed by atoms with Gasteiger partial charge in [-0.2, -0.15) is 0 Å². The van der Waals surface area contributed by atoms with Gasteiger partial charge in [0.15, 0.2) is 0 Å². The number of nitrogens with zero attached hydrogens (tertiary/aromatic N) is 1. The molecule has 0 bridgehead atoms. The molecule has 0 spiro atoms. The molecule has 1 fully saturated rings. The van der Waals surface area contributed by atoms with Crippen molar-refractivity contribution in [2.24, 2.45) is 0 Å². The highest BCUT2D eigenvalue weighted by molar-refractivity contribution is 5.77. The Kier molecular flexibility index (Phi) is 5.21. The van der Waals surface area contributed by atoms with E-state index in [9.17, 15) is 9.59 Å². The topological polar surface area (TPSA) is 76.1 Å². The molecule has 1 heterocycles. The highest BCUT2D eigenvalue weighted by atomic mass is 16.5. The molecule has 16 heavy (non-hydrogen) atoms. The molecule has 1 rings (SSSR count). The van der Waals surface area contributed by atoms with E-state index in [2.05, 4.69) is 0 Å². The van der Waals surface area contributed by atoms with Crippen molar-refractivity contribution in [3.05, 3.63) is 0 Å². The van der Waals surface area contributed by atoms with E-state index >= 15 is 0 Å². The minimum absolute atomic E-state index is 0.0519. The lowest BCUT2D eigenvalue weighted by atomic mass is 10.2. The second kappa shape index (κ2) is 6.44. The third-order valence-electron chi connectivity index (χ3n) is 2.32. The molecule has 1 aliphatic heterocycles. The molecular formula is C10H17NO5. The first kappa shape index (κ1) is 12.9. The Morgan fingerprint density at radius 3 is 2.94 bits per heavy atom. The summed E-state index contributed by atoms with van der Waals surface area (Å²) in [6.07, 6.45) is -0.477. The van der Waals surface area contributed by atoms with E-state index in [1.807, 2.05) is 6.92 Å². The third kappa shape index (κ3) is 4.16. The quantitative estimate of drug-likeness (QED) is 0.704. The van der Waals surface area contributed by atoms with Crippen molar-refractivity contribution in [1.82, 2.24) is 4.90 Å². The Morgan fingerprint density at radius 2 is 2.31 bits per heavy atom. The van der Waals surface area contributed by atoms with Crippen molar-refractivity contribution >= 4 is 11.9 Å². The number of morpholine rings is 1. The normalized spacial score (nSPS) is 20.8. The van der Waals surface area contributed by atoms with Crippen molar-refractivity contribution in [3.63, 3.8) is 0 Å². The van der Waals surface area contributed by atoms with Gasteiger partial charge in [-0.3, -0.25) is 9.59 Å². The Balaban J connectivity index is 2.37. The Hall–Kier alpha value is -1.14. The van der Waals surface area contributed by atoms with Crippen molar-refractivity contribution in [1.29, 1.82) is 0 Å². The summed E-state index contributed by atoms with van der Waals surface area (Å²) < 4.78 is 10.3. The average Bonchev–Trinajstić information content (AvgIpc) is 2.25. The predicted octanol–water partition coefficient (Wildman–Crippen LogP) is -0.275. The number of aliphatic carboxylic acids is 1. The maximum absolute atomic E-state index is 11.6. The van der Waals surface area contributed by atoms with E-state index in [1.54, 1.807) is 4.90 Å². The molecule has 0 radical (unpaired) electrons. The van der Waals surface area contributed by atoms with Gasteiger partial charge in [0.1, 0.15) is 6.61 Å². The molecule has 0 aromatic carbocycles. The molecule has 1 saturated heterocycles. The lowest BCUT2D eigenvalue weighted by Gasteiger charge is -2.32. The van der Waals surface area contributed by atoms with Crippen LogP contribution in [0, 0.1) is 0 Å². The van der Waals surface area contributed by atoms with Crippen LogP contribution in [0.5, 0.6) is 0 Å². The van der Waals surface area contributed by atoms with Crippen LogP contribution in [0.2, 0.25) is 0 Å². The molecule has 1 N–H and O–H groups in total. The molecular weight excluding hydrogens is 214 g/mol. The molecule has 92 valence electrons. The summed E-state index contributed by atoms with van der Waals surface area (Å²) in [7, 11) is 0. The summed E-state index contributed by atoms with van der Waals surface area (Å²) in [4.78, 5) is 23.7. The van der Waals surface area contributed by atoms with Crippen LogP contribution in [-0.4, -0.2) is 60.9 Å². The zero-order chi connectivity index (χ0) is 12.0. The second-order valence-corrected chi connectivity index (χ2v) is 3.57. The molecule has 6 heteroatoms. The Bertz CT molecular complexity index is 256. The lowest BCUT2D eigenvalue weighted by molar-refractivity contribution is -0.149. The van der Waals surface area contributed by atoms with Crippen molar-refractivity contribution < 1.29 is 24.2 Å². The van der Waals surface area contributed by atoms with Crippen LogP contribution in [0.3, 0.4) is 0 Å². The molecule has 0 saturated carbocycles. The van der Waals surface area contributed by atoms with Crippen molar-refractivity contribution in [3.8, 4) is 0 Å². The largest absolute Gasteiger partial charge is 0.481 e. The fourth-order valence-electron chi connectivity index (χ4n) is 1.54. The first-order chi connectivity index (χ1) is 7.63. The number of amides is 1. The number of hydrogen-bond donors (Lipinski definition) is 1. The first-order valence-corrected chi connectivity index (χ1v) is 5.32. The molecule has 0 aromatic rings. The zero-order valence-corrected chi connectivity index (χ0v) is 9.35. The van der Waals surface area contributed by atoms with Crippen LogP contribution in [0.4, 0.5) is 0 Å². The second-order valence-electron chi connectivity index (χ2n) is 3.57. The molecule has 6 nitrogen and oxygen atoms in total. The van der Waals surface area contributed by atoms with E-state index in [4.69, 9.17) is 14.6 Å². The van der Waals surface area contributed by atoms with Gasteiger partial charge in [-0.05, 0) is 6.92 Å². The van der Waals surface area contributed by atoms with Crippen LogP contribution in [0.25, 0.3) is 0 Å². The number of carboxylic acid groups (broad SMARTS) is 1. The minimum Gasteiger partial charge on any atom is -0.481 e. The summed E-state index contributed by atoms with van der Waals surface area (Å²) in [5, 5.41) is 8.62. The third-order valence-corrected chi connectivity index (χ3v) is 2.32. The van der Waals surface area contributed by atoms with Crippen LogP contribution in [0.15, 0.2) is 0 Å². The van der Waals surface area contributed by atoms with Crippen LogP contribution in [0.1, 0.15) is 13.3 Å². The van der Waals surface area contributed by atoms with E-state index in [1.165, 1.54) is 0 Å². The van der Waals surface area contributed by atoms with E-state index in [0.29, 0.717) is 26.3 Å². The van der Waals surface area contributed by atoms with Gasteiger partial charge in [0.2, 0.25) is 5.91 Å². The van der Waals surface area contributed by atoms with Crippen LogP contribution in [-0.2, 0) is 19.1 Å². The average molecular weight is 231 g/mol. The van der Waals surface area contributed by atoms with Gasteiger partial charge in [0, 0.05) is 19.7 Å². The molecule has 1 aliphatic rings. The molecule has 0 aliphatic carbocycles. The predicted molar refractivity (Wildman–Crippen MR) is 55.1 cm³/mol. The number of hydrogen-bond acceptors (Lipinski definition) is 4. The van der Waals surface area contributed by atoms with Crippen molar-refractivity contribution in [2.45, 2.75) is 19.4 Å². The molecule has 1 unspecified atom stereocenters. The lowest BCUT2D eigenvalue weighted by Crippen LogP contribution is -2.47. The standard InChI is InChI=1S/C10H17NO5/c1-2-15-7-9(12)11-3-4-16-8(6-11)5-10(13)14/h8H,2-7H2,1H3,(H,13,14). The summed E-state index contributed by atoms with van der Waals surface area (Å²) in [6.45, 7) is 3.58. The number of ether oxygens (including phenoxy) is 2. The van der Waals surface area contributed by atoms with Crippen LogP contribution < -0.4 is 0 Å². The van der Waals surface area contributed by atoms with Crippen molar-refractivity contribution in [2.75, 3.05) is 32.9 Å². The highest BCUT2D eigenvalue weighted by Crippen LogP contribution is 2.09. The van der Waals surface area contributed by atoms with Gasteiger partial charge in [-0.1, -0.05) is 0 Å². The van der Waals surface area contributed by atoms with Gasteiger partial charge in [0.05, 0.1) is 19.1 Å². The fraction of sp³-hybridized carbons (Fsp3) is 0.800. The van der Waals surface area contributed by atoms with E-state index in [0.717, 1.165) is 0 Å². The number of carbonyl (C=O) groups excluding carboxylic acids is 1. The summed E-state index contributed by atoms with van der Waals surface area (Å²) in [5.74, 6) is -1.02. The summed E-state index contributed by atoms with van der Waals surface area (Å²) >= 11 is 0. The van der Waals surface area contributed by atoms with E-state index in [-0.39, 0.29) is 18.9 Å². The number of carboxylic acids is 1. The maximum atomic E-state index is 11.6. The maximum Gasteiger partial charge on any atom is 0.306 e. The smallest absolute Gasteiger partial charge is 0.306 e. The molecule has 1 amide bonds. The van der Waals surface area contributed by atoms with E-state index < -0.39 is 12.1 Å². The van der Waals surface area contributed by atoms with Gasteiger partial charge in [0.25, 0.3) is 0 Å². The Morgan fingerprint density at radius 1 is 1.56 bits per heavy atom. The van der Waals surface area contributed by atoms with Gasteiger partial charge < -0.3 is 19.5 Å². The number of rotatable bonds is 5.